The van der Waals surface area contributed by atoms with Gasteiger partial charge in [0, 0.05) is 58.0 Å². The molecule has 4 saturated heterocycles. The molecule has 0 aromatic heterocycles. The number of halogens is 2. The van der Waals surface area contributed by atoms with Crippen molar-refractivity contribution in [2.45, 2.75) is 100.0 Å². The Morgan fingerprint density at radius 1 is 1.03 bits per heavy atom. The maximum Gasteiger partial charge on any atom is 0.248 e. The fourth-order valence-corrected chi connectivity index (χ4v) is 6.72. The Kier molecular flexibility index (Phi) is 7.83. The van der Waals surface area contributed by atoms with Gasteiger partial charge in [-0.1, -0.05) is 0 Å². The van der Waals surface area contributed by atoms with Crippen molar-refractivity contribution < 1.29 is 42.9 Å². The van der Waals surface area contributed by atoms with Crippen LogP contribution in [-0.2, 0) is 23.9 Å². The van der Waals surface area contributed by atoms with Crippen LogP contribution in [0.15, 0.2) is 0 Å². The van der Waals surface area contributed by atoms with Crippen LogP contribution in [-0.4, -0.2) is 136 Å². The van der Waals surface area contributed by atoms with Gasteiger partial charge < -0.3 is 35.4 Å². The van der Waals surface area contributed by atoms with Crippen molar-refractivity contribution >= 4 is 23.6 Å². The minimum absolute atomic E-state index is 0.0479. The summed E-state index contributed by atoms with van der Waals surface area (Å²) in [6.07, 6.45) is -4.70. The number of rotatable bonds is 1. The molecule has 0 spiro atoms. The molecule has 5 rings (SSSR count). The third-order valence-corrected chi connectivity index (χ3v) is 8.87. The van der Waals surface area contributed by atoms with E-state index >= 15 is 0 Å². The molecule has 7 atom stereocenters. The quantitative estimate of drug-likeness (QED) is 0.295. The van der Waals surface area contributed by atoms with Crippen molar-refractivity contribution in [3.63, 3.8) is 0 Å². The molecule has 1 saturated carbocycles. The number of piperazine rings is 1. The van der Waals surface area contributed by atoms with Crippen molar-refractivity contribution in [2.24, 2.45) is 0 Å². The largest absolute Gasteiger partial charge is 0.388 e. The molecule has 0 aromatic rings. The summed E-state index contributed by atoms with van der Waals surface area (Å²) >= 11 is 0. The Balaban J connectivity index is 1.42. The van der Waals surface area contributed by atoms with Crippen LogP contribution in [0.1, 0.15) is 45.4 Å². The molecule has 1 aliphatic carbocycles. The third kappa shape index (κ3) is 5.74. The molecule has 4 N–H and O–H groups in total. The van der Waals surface area contributed by atoms with E-state index in [9.17, 15) is 38.2 Å². The monoisotopic (exact) mass is 557 g/mol. The smallest absolute Gasteiger partial charge is 0.248 e. The van der Waals surface area contributed by atoms with Crippen molar-refractivity contribution in [3.05, 3.63) is 0 Å². The Hall–Kier alpha value is -2.42. The Morgan fingerprint density at radius 3 is 2.41 bits per heavy atom. The average Bonchev–Trinajstić information content (AvgIpc) is 3.42. The lowest BCUT2D eigenvalue weighted by Crippen LogP contribution is -2.63. The lowest BCUT2D eigenvalue weighted by Gasteiger charge is -2.43. The highest BCUT2D eigenvalue weighted by molar-refractivity contribution is 5.89. The fourth-order valence-electron chi connectivity index (χ4n) is 6.72. The van der Waals surface area contributed by atoms with Gasteiger partial charge in [0.1, 0.15) is 24.4 Å². The summed E-state index contributed by atoms with van der Waals surface area (Å²) in [5, 5.41) is 26.5. The Labute approximate surface area is 225 Å². The van der Waals surface area contributed by atoms with E-state index in [0.29, 0.717) is 6.54 Å². The highest BCUT2D eigenvalue weighted by atomic mass is 19.3. The second-order valence-corrected chi connectivity index (χ2v) is 11.5. The number of alkyl halides is 2. The van der Waals surface area contributed by atoms with Gasteiger partial charge in [-0.25, -0.2) is 8.78 Å². The van der Waals surface area contributed by atoms with E-state index in [4.69, 9.17) is 4.74 Å². The first-order valence-electron chi connectivity index (χ1n) is 13.7. The number of aliphatic hydroxyl groups is 2. The van der Waals surface area contributed by atoms with Gasteiger partial charge in [-0.15, -0.1) is 0 Å². The van der Waals surface area contributed by atoms with E-state index in [2.05, 4.69) is 10.6 Å². The van der Waals surface area contributed by atoms with Crippen LogP contribution in [0.4, 0.5) is 8.78 Å². The van der Waals surface area contributed by atoms with Crippen LogP contribution < -0.4 is 10.6 Å². The van der Waals surface area contributed by atoms with Gasteiger partial charge in [-0.2, -0.15) is 0 Å². The molecule has 39 heavy (non-hydrogen) atoms. The van der Waals surface area contributed by atoms with Crippen molar-refractivity contribution in [1.82, 2.24) is 25.3 Å². The number of fused-ring (bicyclic) bond motifs is 6. The van der Waals surface area contributed by atoms with Gasteiger partial charge in [-0.05, 0) is 19.3 Å². The SMILES string of the molecule is CC(=O)N1CCN2C[C@H]1C(=O)NC[C@H]1O[C@@H](CC(=O)N[C@H]3C[C@@H](C2=O)N(C2CCC(F)(F)CC2)C3)[C@H](O)[C@@H]1O. The van der Waals surface area contributed by atoms with E-state index < -0.39 is 60.3 Å². The zero-order chi connectivity index (χ0) is 28.1. The normalized spacial score (nSPS) is 38.5. The minimum Gasteiger partial charge on any atom is -0.388 e. The number of likely N-dealkylation sites (tertiary alicyclic amines) is 1. The van der Waals surface area contributed by atoms with Crippen LogP contribution in [0.3, 0.4) is 0 Å². The van der Waals surface area contributed by atoms with E-state index in [1.165, 1.54) is 16.7 Å². The predicted molar refractivity (Wildman–Crippen MR) is 130 cm³/mol. The second kappa shape index (κ2) is 10.9. The molecular formula is C25H37F2N5O7. The van der Waals surface area contributed by atoms with E-state index in [1.807, 2.05) is 4.90 Å². The number of nitrogens with zero attached hydrogens (tertiary/aromatic N) is 3. The molecule has 4 aliphatic heterocycles. The molecule has 12 nitrogen and oxygen atoms in total. The van der Waals surface area contributed by atoms with Gasteiger partial charge in [-0.3, -0.25) is 24.1 Å². The highest BCUT2D eigenvalue weighted by Crippen LogP contribution is 2.38. The van der Waals surface area contributed by atoms with Crippen LogP contribution in [0.25, 0.3) is 0 Å². The molecule has 4 heterocycles. The first-order valence-corrected chi connectivity index (χ1v) is 13.7. The number of carbonyl (C=O) groups excluding carboxylic acids is 4. The molecular weight excluding hydrogens is 520 g/mol. The summed E-state index contributed by atoms with van der Waals surface area (Å²) in [7, 11) is 0. The molecule has 0 radical (unpaired) electrons. The number of carbonyl (C=O) groups is 4. The maximum atomic E-state index is 13.9. The fraction of sp³-hybridized carbons (Fsp3) is 0.840. The molecule has 0 aromatic carbocycles. The Morgan fingerprint density at radius 2 is 1.72 bits per heavy atom. The number of hydrogen-bond acceptors (Lipinski definition) is 8. The first-order chi connectivity index (χ1) is 18.4. The van der Waals surface area contributed by atoms with Gasteiger partial charge in [0.25, 0.3) is 0 Å². The van der Waals surface area contributed by atoms with Crippen LogP contribution >= 0.6 is 0 Å². The standard InChI is InChI=1S/C25H37F2N5O7/c1-13(33)31-7-6-30-12-17(31)23(37)28-10-19-22(36)21(35)18(39-19)9-20(34)29-14-8-16(24(30)38)32(11-14)15-2-4-25(26,27)5-3-15/h14-19,21-22,35-36H,2-12H2,1H3,(H,28,37)(H,29,34)/t14-,16-,17-,18-,19+,21-,22+/m0/s1. The second-order valence-electron chi connectivity index (χ2n) is 11.5. The summed E-state index contributed by atoms with van der Waals surface area (Å²) in [4.78, 5) is 57.1. The number of amides is 4. The molecule has 0 unspecified atom stereocenters. The summed E-state index contributed by atoms with van der Waals surface area (Å²) < 4.78 is 33.5. The van der Waals surface area contributed by atoms with Gasteiger partial charge in [0.05, 0.1) is 25.1 Å². The molecule has 6 bridgehead atoms. The van der Waals surface area contributed by atoms with Crippen LogP contribution in [0.2, 0.25) is 0 Å². The van der Waals surface area contributed by atoms with Crippen molar-refractivity contribution in [1.29, 1.82) is 0 Å². The summed E-state index contributed by atoms with van der Waals surface area (Å²) in [6.45, 7) is 1.80. The molecule has 218 valence electrons. The van der Waals surface area contributed by atoms with Crippen LogP contribution in [0.5, 0.6) is 0 Å². The predicted octanol–water partition coefficient (Wildman–Crippen LogP) is -1.81. The van der Waals surface area contributed by atoms with Gasteiger partial charge in [0.15, 0.2) is 0 Å². The minimum atomic E-state index is -2.73. The van der Waals surface area contributed by atoms with E-state index in [-0.39, 0.29) is 82.6 Å². The van der Waals surface area contributed by atoms with Crippen molar-refractivity contribution in [3.8, 4) is 0 Å². The number of hydrogen-bond donors (Lipinski definition) is 4. The molecule has 4 amide bonds. The number of nitrogens with one attached hydrogen (secondary N) is 2. The zero-order valence-electron chi connectivity index (χ0n) is 21.9. The average molecular weight is 558 g/mol. The van der Waals surface area contributed by atoms with E-state index in [0.717, 1.165) is 0 Å². The summed E-state index contributed by atoms with van der Waals surface area (Å²) in [5.41, 5.74) is 0. The zero-order valence-corrected chi connectivity index (χ0v) is 21.9. The number of aliphatic hydroxyl groups excluding tert-OH is 2. The first kappa shape index (κ1) is 28.1. The molecule has 14 heteroatoms. The summed E-state index contributed by atoms with van der Waals surface area (Å²) in [5.74, 6) is -4.27. The summed E-state index contributed by atoms with van der Waals surface area (Å²) in [6, 6.07) is -2.33. The lowest BCUT2D eigenvalue weighted by molar-refractivity contribution is -0.150. The highest BCUT2D eigenvalue weighted by Gasteiger charge is 2.48. The maximum absolute atomic E-state index is 13.9. The van der Waals surface area contributed by atoms with Crippen molar-refractivity contribution in [2.75, 3.05) is 32.7 Å². The topological polar surface area (TPSA) is 152 Å². The Bertz CT molecular complexity index is 992. The third-order valence-electron chi connectivity index (χ3n) is 8.87. The van der Waals surface area contributed by atoms with Gasteiger partial charge >= 0.3 is 0 Å². The van der Waals surface area contributed by atoms with Crippen LogP contribution in [0, 0.1) is 0 Å². The lowest BCUT2D eigenvalue weighted by atomic mass is 9.90. The van der Waals surface area contributed by atoms with E-state index in [1.54, 1.807) is 0 Å². The van der Waals surface area contributed by atoms with Gasteiger partial charge in [0.2, 0.25) is 29.6 Å². The molecule has 5 fully saturated rings. The molecule has 5 aliphatic rings. The number of ether oxygens (including phenoxy) is 1.